The number of primary sulfonamides is 1. The Morgan fingerprint density at radius 3 is 2.36 bits per heavy atom. The summed E-state index contributed by atoms with van der Waals surface area (Å²) in [5, 5.41) is 7.07. The van der Waals surface area contributed by atoms with Crippen molar-refractivity contribution in [1.29, 1.82) is 0 Å². The predicted octanol–water partition coefficient (Wildman–Crippen LogP) is -0.175. The van der Waals surface area contributed by atoms with E-state index in [0.29, 0.717) is 0 Å². The minimum atomic E-state index is -3.85. The third-order valence-corrected chi connectivity index (χ3v) is 2.42. The fourth-order valence-electron chi connectivity index (χ4n) is 0.951. The van der Waals surface area contributed by atoms with Crippen molar-refractivity contribution in [2.24, 2.45) is 10.9 Å². The zero-order chi connectivity index (χ0) is 10.8. The second kappa shape index (κ2) is 3.64. The quantitative estimate of drug-likeness (QED) is 0.635. The second-order valence-corrected chi connectivity index (χ2v) is 4.06. The number of hydrogen-bond donors (Lipinski definition) is 3. The van der Waals surface area contributed by atoms with E-state index in [1.165, 1.54) is 18.2 Å². The molecule has 0 saturated heterocycles. The van der Waals surface area contributed by atoms with Crippen molar-refractivity contribution in [3.63, 3.8) is 0 Å². The van der Waals surface area contributed by atoms with Gasteiger partial charge in [-0.2, -0.15) is 0 Å². The molecule has 1 aromatic rings. The highest BCUT2D eigenvalue weighted by Gasteiger charge is 2.13. The highest BCUT2D eigenvalue weighted by Crippen LogP contribution is 2.18. The predicted molar refractivity (Wildman–Crippen MR) is 51.0 cm³/mol. The second-order valence-electron chi connectivity index (χ2n) is 2.53. The molecule has 14 heavy (non-hydrogen) atoms. The molecule has 0 heterocycles. The molecule has 0 unspecified atom stereocenters. The minimum Gasteiger partial charge on any atom is -0.351 e. The lowest BCUT2D eigenvalue weighted by molar-refractivity contribution is 0.259. The van der Waals surface area contributed by atoms with E-state index in [0.717, 1.165) is 0 Å². The summed E-state index contributed by atoms with van der Waals surface area (Å²) in [6.45, 7) is 0. The summed E-state index contributed by atoms with van der Waals surface area (Å²) in [6, 6.07) is 4.87. The van der Waals surface area contributed by atoms with Crippen molar-refractivity contribution in [2.45, 2.75) is 4.90 Å². The molecule has 0 saturated carbocycles. The maximum Gasteiger partial charge on any atom is 0.316 e. The Bertz CT molecular complexity index is 455. The fourth-order valence-corrected chi connectivity index (χ4v) is 1.64. The van der Waals surface area contributed by atoms with E-state index in [2.05, 4.69) is 5.32 Å². The number of urea groups is 1. The molecule has 1 rings (SSSR count). The van der Waals surface area contributed by atoms with Gasteiger partial charge in [0.25, 0.3) is 0 Å². The SMILES string of the molecule is NC(=O)Nc1ccccc1S(N)(=O)=O. The molecule has 7 heteroatoms. The number of nitrogens with two attached hydrogens (primary N) is 2. The van der Waals surface area contributed by atoms with Crippen molar-refractivity contribution in [3.05, 3.63) is 24.3 Å². The molecule has 6 nitrogen and oxygen atoms in total. The van der Waals surface area contributed by atoms with Gasteiger partial charge in [-0.15, -0.1) is 0 Å². The highest BCUT2D eigenvalue weighted by atomic mass is 32.2. The van der Waals surface area contributed by atoms with Gasteiger partial charge in [-0.05, 0) is 12.1 Å². The topological polar surface area (TPSA) is 115 Å². The van der Waals surface area contributed by atoms with Gasteiger partial charge in [0, 0.05) is 0 Å². The monoisotopic (exact) mass is 215 g/mol. The molecule has 76 valence electrons. The first-order valence-corrected chi connectivity index (χ1v) is 5.14. The smallest absolute Gasteiger partial charge is 0.316 e. The molecule has 0 aromatic heterocycles. The number of primary amides is 1. The van der Waals surface area contributed by atoms with Gasteiger partial charge in [-0.3, -0.25) is 0 Å². The summed E-state index contributed by atoms with van der Waals surface area (Å²) in [5.41, 5.74) is 4.92. The van der Waals surface area contributed by atoms with E-state index in [4.69, 9.17) is 10.9 Å². The zero-order valence-corrected chi connectivity index (χ0v) is 7.91. The van der Waals surface area contributed by atoms with Gasteiger partial charge >= 0.3 is 6.03 Å². The molecule has 0 atom stereocenters. The Labute approximate surface area is 80.9 Å². The molecular weight excluding hydrogens is 206 g/mol. The Morgan fingerprint density at radius 2 is 1.86 bits per heavy atom. The number of benzene rings is 1. The van der Waals surface area contributed by atoms with Gasteiger partial charge in [0.05, 0.1) is 5.69 Å². The molecular formula is C7H9N3O3S. The standard InChI is InChI=1S/C7H9N3O3S/c8-7(11)10-5-3-1-2-4-6(5)14(9,12)13/h1-4H,(H3,8,10,11)(H2,9,12,13). The number of sulfonamides is 1. The van der Waals surface area contributed by atoms with E-state index >= 15 is 0 Å². The van der Waals surface area contributed by atoms with Crippen LogP contribution in [0.15, 0.2) is 29.2 Å². The Kier molecular flexibility index (Phi) is 2.73. The maximum atomic E-state index is 11.0. The van der Waals surface area contributed by atoms with E-state index in [1.807, 2.05) is 0 Å². The summed E-state index contributed by atoms with van der Waals surface area (Å²) in [4.78, 5) is 10.4. The number of para-hydroxylation sites is 1. The molecule has 5 N–H and O–H groups in total. The van der Waals surface area contributed by atoms with Crippen LogP contribution in [0.1, 0.15) is 0 Å². The molecule has 0 aliphatic heterocycles. The van der Waals surface area contributed by atoms with Crippen LogP contribution in [0.4, 0.5) is 10.5 Å². The van der Waals surface area contributed by atoms with Gasteiger partial charge in [0.2, 0.25) is 10.0 Å². The van der Waals surface area contributed by atoms with Crippen LogP contribution in [0, 0.1) is 0 Å². The molecule has 1 aromatic carbocycles. The van der Waals surface area contributed by atoms with E-state index in [9.17, 15) is 13.2 Å². The normalized spacial score (nSPS) is 10.9. The number of amides is 2. The van der Waals surface area contributed by atoms with Crippen LogP contribution >= 0.6 is 0 Å². The van der Waals surface area contributed by atoms with E-state index in [1.54, 1.807) is 6.07 Å². The minimum absolute atomic E-state index is 0.0718. The summed E-state index contributed by atoms with van der Waals surface area (Å²) in [7, 11) is -3.85. The number of hydrogen-bond acceptors (Lipinski definition) is 3. The fraction of sp³-hybridized carbons (Fsp3) is 0. The number of anilines is 1. The van der Waals surface area contributed by atoms with Crippen LogP contribution in [-0.4, -0.2) is 14.4 Å². The summed E-state index contributed by atoms with van der Waals surface area (Å²) >= 11 is 0. The Morgan fingerprint density at radius 1 is 1.29 bits per heavy atom. The number of carbonyl (C=O) groups excluding carboxylic acids is 1. The van der Waals surface area contributed by atoms with Crippen molar-refractivity contribution >= 4 is 21.7 Å². The average molecular weight is 215 g/mol. The Hall–Kier alpha value is -1.60. The third kappa shape index (κ3) is 2.44. The summed E-state index contributed by atoms with van der Waals surface area (Å²) in [5.74, 6) is 0. The molecule has 0 bridgehead atoms. The van der Waals surface area contributed by atoms with Crippen molar-refractivity contribution in [2.75, 3.05) is 5.32 Å². The van der Waals surface area contributed by atoms with Crippen molar-refractivity contribution in [1.82, 2.24) is 0 Å². The van der Waals surface area contributed by atoms with E-state index < -0.39 is 16.1 Å². The van der Waals surface area contributed by atoms with Gasteiger partial charge < -0.3 is 11.1 Å². The van der Waals surface area contributed by atoms with Gasteiger partial charge in [0.15, 0.2) is 0 Å². The first kappa shape index (κ1) is 10.5. The third-order valence-electron chi connectivity index (χ3n) is 1.45. The van der Waals surface area contributed by atoms with Gasteiger partial charge in [0.1, 0.15) is 4.90 Å². The number of carbonyl (C=O) groups is 1. The average Bonchev–Trinajstić information content (AvgIpc) is 2.01. The molecule has 0 spiro atoms. The number of nitrogens with one attached hydrogen (secondary N) is 1. The molecule has 0 fully saturated rings. The van der Waals surface area contributed by atoms with Crippen LogP contribution in [-0.2, 0) is 10.0 Å². The van der Waals surface area contributed by atoms with Crippen molar-refractivity contribution in [3.8, 4) is 0 Å². The molecule has 0 aliphatic rings. The number of rotatable bonds is 2. The molecule has 0 radical (unpaired) electrons. The lowest BCUT2D eigenvalue weighted by Gasteiger charge is -2.06. The first-order chi connectivity index (χ1) is 6.41. The largest absolute Gasteiger partial charge is 0.351 e. The zero-order valence-electron chi connectivity index (χ0n) is 7.10. The lowest BCUT2D eigenvalue weighted by Crippen LogP contribution is -2.22. The summed E-state index contributed by atoms with van der Waals surface area (Å²) < 4.78 is 22.0. The molecule has 2 amide bonds. The Balaban J connectivity index is 3.23. The van der Waals surface area contributed by atoms with Gasteiger partial charge in [-0.25, -0.2) is 18.4 Å². The lowest BCUT2D eigenvalue weighted by atomic mass is 10.3. The van der Waals surface area contributed by atoms with Gasteiger partial charge in [-0.1, -0.05) is 12.1 Å². The first-order valence-electron chi connectivity index (χ1n) is 3.59. The van der Waals surface area contributed by atoms with Crippen LogP contribution < -0.4 is 16.2 Å². The molecule has 0 aliphatic carbocycles. The summed E-state index contributed by atoms with van der Waals surface area (Å²) in [6.07, 6.45) is 0. The van der Waals surface area contributed by atoms with Crippen LogP contribution in [0.3, 0.4) is 0 Å². The van der Waals surface area contributed by atoms with E-state index in [-0.39, 0.29) is 10.6 Å². The van der Waals surface area contributed by atoms with Crippen LogP contribution in [0.5, 0.6) is 0 Å². The highest BCUT2D eigenvalue weighted by molar-refractivity contribution is 7.89. The van der Waals surface area contributed by atoms with Crippen LogP contribution in [0.2, 0.25) is 0 Å². The van der Waals surface area contributed by atoms with Crippen LogP contribution in [0.25, 0.3) is 0 Å². The van der Waals surface area contributed by atoms with Crippen molar-refractivity contribution < 1.29 is 13.2 Å². The maximum absolute atomic E-state index is 11.0.